The average Bonchev–Trinajstić information content (AvgIpc) is 3.33. The Morgan fingerprint density at radius 3 is 0.879 bits per heavy atom. The third-order valence-corrected chi connectivity index (χ3v) is 13.8. The van der Waals surface area contributed by atoms with Crippen molar-refractivity contribution in [2.75, 3.05) is 0 Å². The van der Waals surface area contributed by atoms with Crippen molar-refractivity contribution in [3.8, 4) is 0 Å². The van der Waals surface area contributed by atoms with E-state index in [1.165, 1.54) is 276 Å². The summed E-state index contributed by atoms with van der Waals surface area (Å²) in [6.07, 6.45) is 67.9. The topological polar surface area (TPSA) is 24.7 Å². The van der Waals surface area contributed by atoms with E-state index in [0.29, 0.717) is 0 Å². The molecule has 0 aliphatic rings. The molecule has 0 atom stereocenters. The number of aliphatic imine (C=N–C) groups is 2. The predicted octanol–water partition coefficient (Wildman–Crippen LogP) is 22.7. The van der Waals surface area contributed by atoms with E-state index >= 15 is 0 Å². The molecule has 0 fully saturated rings. The third kappa shape index (κ3) is 41.0. The second-order valence-electron chi connectivity index (χ2n) is 20.2. The summed E-state index contributed by atoms with van der Waals surface area (Å²) >= 11 is 0. The summed E-state index contributed by atoms with van der Waals surface area (Å²) < 4.78 is 0. The molecule has 0 radical (unpaired) electrons. The molecule has 2 rings (SSSR count). The Hall–Kier alpha value is -1.99. The standard InChI is InChI=1S/C63H108N2.Ni/c1-3-5-7-9-11-13-15-17-19-21-23-24-25-26-27-28-29-30-31-33-35-37-39-41-43-45-53-59-63(65-61-56-50-47-51-57-61)62(64-60-54-48-46-49-55-60)58-52-44-42-40-38-36-34-32-22-20-18-16-14-12-10-8-6-4-2;/h46-51,53-57,59H,3-45,52,58H2,1-2H3;/b59-53+,64-62+,65-63+;. The third-order valence-electron chi connectivity index (χ3n) is 13.8. The minimum Gasteiger partial charge on any atom is -0.251 e. The number of para-hydroxylation sites is 2. The molecule has 0 unspecified atom stereocenters. The first-order valence-electron chi connectivity index (χ1n) is 29.3. The molecule has 380 valence electrons. The van der Waals surface area contributed by atoms with Crippen LogP contribution in [0.1, 0.15) is 303 Å². The molecule has 0 spiro atoms. The minimum absolute atomic E-state index is 0. The molecular weight excluding hydrogens is 843 g/mol. The summed E-state index contributed by atoms with van der Waals surface area (Å²) in [4.78, 5) is 10.4. The molecule has 0 heterocycles. The molecule has 2 aromatic carbocycles. The van der Waals surface area contributed by atoms with Gasteiger partial charge in [-0.2, -0.15) is 0 Å². The van der Waals surface area contributed by atoms with Gasteiger partial charge in [0, 0.05) is 16.5 Å². The van der Waals surface area contributed by atoms with Gasteiger partial charge in [0.15, 0.2) is 0 Å². The minimum atomic E-state index is 0. The molecule has 0 saturated carbocycles. The van der Waals surface area contributed by atoms with E-state index in [4.69, 9.17) is 9.98 Å². The van der Waals surface area contributed by atoms with Gasteiger partial charge >= 0.3 is 0 Å². The first kappa shape index (κ1) is 62.0. The van der Waals surface area contributed by atoms with Crippen molar-refractivity contribution in [1.29, 1.82) is 0 Å². The smallest absolute Gasteiger partial charge is 0.0848 e. The van der Waals surface area contributed by atoms with E-state index in [1.807, 2.05) is 0 Å². The molecule has 3 heteroatoms. The van der Waals surface area contributed by atoms with Crippen LogP contribution in [-0.4, -0.2) is 11.4 Å². The van der Waals surface area contributed by atoms with Gasteiger partial charge in [0.05, 0.1) is 22.8 Å². The first-order valence-corrected chi connectivity index (χ1v) is 29.3. The van der Waals surface area contributed by atoms with Gasteiger partial charge in [0.25, 0.3) is 0 Å². The van der Waals surface area contributed by atoms with Crippen LogP contribution in [0.2, 0.25) is 0 Å². The van der Waals surface area contributed by atoms with Gasteiger partial charge < -0.3 is 0 Å². The average molecular weight is 952 g/mol. The van der Waals surface area contributed by atoms with Gasteiger partial charge in [-0.1, -0.05) is 320 Å². The Labute approximate surface area is 422 Å². The van der Waals surface area contributed by atoms with Crippen molar-refractivity contribution >= 4 is 22.8 Å². The van der Waals surface area contributed by atoms with Crippen molar-refractivity contribution in [2.24, 2.45) is 9.98 Å². The van der Waals surface area contributed by atoms with Gasteiger partial charge in [-0.05, 0) is 56.0 Å². The van der Waals surface area contributed by atoms with E-state index < -0.39 is 0 Å². The Morgan fingerprint density at radius 2 is 0.576 bits per heavy atom. The molecule has 0 aliphatic carbocycles. The predicted molar refractivity (Wildman–Crippen MR) is 295 cm³/mol. The van der Waals surface area contributed by atoms with Gasteiger partial charge in [-0.15, -0.1) is 0 Å². The number of hydrogen-bond acceptors (Lipinski definition) is 2. The fourth-order valence-corrected chi connectivity index (χ4v) is 9.53. The van der Waals surface area contributed by atoms with Crippen molar-refractivity contribution in [2.45, 2.75) is 303 Å². The summed E-state index contributed by atoms with van der Waals surface area (Å²) in [5.74, 6) is 0. The molecule has 0 aliphatic heterocycles. The molecule has 0 N–H and O–H groups in total. The molecule has 2 nitrogen and oxygen atoms in total. The van der Waals surface area contributed by atoms with Crippen molar-refractivity contribution in [3.05, 3.63) is 72.8 Å². The largest absolute Gasteiger partial charge is 0.251 e. The van der Waals surface area contributed by atoms with E-state index in [-0.39, 0.29) is 16.5 Å². The van der Waals surface area contributed by atoms with Crippen LogP contribution in [0.4, 0.5) is 11.4 Å². The molecule has 0 bridgehead atoms. The van der Waals surface area contributed by atoms with Crippen LogP contribution in [0.25, 0.3) is 0 Å². The Kier molecular flexibility index (Phi) is 47.8. The van der Waals surface area contributed by atoms with Crippen molar-refractivity contribution < 1.29 is 16.5 Å². The van der Waals surface area contributed by atoms with E-state index in [2.05, 4.69) is 86.7 Å². The fraction of sp³-hybridized carbons (Fsp3) is 0.746. The van der Waals surface area contributed by atoms with Crippen LogP contribution < -0.4 is 0 Å². The van der Waals surface area contributed by atoms with Crippen LogP contribution in [0.3, 0.4) is 0 Å². The second-order valence-corrected chi connectivity index (χ2v) is 20.2. The quantitative estimate of drug-likeness (QED) is 0.0359. The summed E-state index contributed by atoms with van der Waals surface area (Å²) in [6, 6.07) is 21.0. The molecule has 2 aromatic rings. The summed E-state index contributed by atoms with van der Waals surface area (Å²) in [6.45, 7) is 4.62. The Morgan fingerprint density at radius 1 is 0.318 bits per heavy atom. The van der Waals surface area contributed by atoms with E-state index in [1.54, 1.807) is 0 Å². The number of benzene rings is 2. The van der Waals surface area contributed by atoms with Crippen molar-refractivity contribution in [1.82, 2.24) is 0 Å². The Bertz CT molecular complexity index is 1330. The molecule has 0 aromatic heterocycles. The van der Waals surface area contributed by atoms with Crippen LogP contribution in [0, 0.1) is 0 Å². The SMILES string of the molecule is CCCCCCCCCCCCCCCCCCCCCCCCCCC/C=C/C(=N\c1ccccc1)C(/CCCCCCCCCCCCCCCCCCCC)=N/c1ccccc1.[Ni]. The molecular formula is C63H108N2Ni. The second kappa shape index (κ2) is 50.9. The van der Waals surface area contributed by atoms with Crippen LogP contribution in [0.15, 0.2) is 82.8 Å². The number of rotatable bonds is 49. The van der Waals surface area contributed by atoms with Gasteiger partial charge in [-0.3, -0.25) is 4.99 Å². The number of allylic oxidation sites excluding steroid dienone is 2. The maximum absolute atomic E-state index is 5.22. The first-order chi connectivity index (χ1) is 32.3. The zero-order chi connectivity index (χ0) is 46.0. The zero-order valence-corrected chi connectivity index (χ0v) is 44.9. The number of unbranched alkanes of at least 4 members (excludes halogenated alkanes) is 42. The summed E-state index contributed by atoms with van der Waals surface area (Å²) in [7, 11) is 0. The van der Waals surface area contributed by atoms with Crippen LogP contribution >= 0.6 is 0 Å². The van der Waals surface area contributed by atoms with Gasteiger partial charge in [0.2, 0.25) is 0 Å². The molecule has 66 heavy (non-hydrogen) atoms. The molecule has 0 amide bonds. The normalized spacial score (nSPS) is 12.1. The maximum Gasteiger partial charge on any atom is 0.0848 e. The van der Waals surface area contributed by atoms with Crippen LogP contribution in [0.5, 0.6) is 0 Å². The zero-order valence-electron chi connectivity index (χ0n) is 44.0. The Balaban J connectivity index is 0.0000218. The van der Waals surface area contributed by atoms with Gasteiger partial charge in [0.1, 0.15) is 0 Å². The summed E-state index contributed by atoms with van der Waals surface area (Å²) in [5, 5.41) is 0. The van der Waals surface area contributed by atoms with E-state index in [0.717, 1.165) is 35.6 Å². The van der Waals surface area contributed by atoms with E-state index in [9.17, 15) is 0 Å². The fourth-order valence-electron chi connectivity index (χ4n) is 9.53. The van der Waals surface area contributed by atoms with Crippen LogP contribution in [-0.2, 0) is 16.5 Å². The monoisotopic (exact) mass is 951 g/mol. The summed E-state index contributed by atoms with van der Waals surface area (Å²) in [5.41, 5.74) is 4.20. The van der Waals surface area contributed by atoms with Gasteiger partial charge in [-0.25, -0.2) is 4.99 Å². The van der Waals surface area contributed by atoms with Crippen molar-refractivity contribution in [3.63, 3.8) is 0 Å². The number of hydrogen-bond donors (Lipinski definition) is 0. The number of nitrogens with zero attached hydrogens (tertiary/aromatic N) is 2. The maximum atomic E-state index is 5.22. The molecule has 0 saturated heterocycles.